The van der Waals surface area contributed by atoms with Gasteiger partial charge in [-0.15, -0.1) is 5.10 Å². The van der Waals surface area contributed by atoms with Crippen LogP contribution in [-0.4, -0.2) is 33.7 Å². The van der Waals surface area contributed by atoms with Crippen molar-refractivity contribution in [1.29, 1.82) is 5.26 Å². The van der Waals surface area contributed by atoms with Gasteiger partial charge in [0, 0.05) is 6.54 Å². The molecule has 1 heterocycles. The molecule has 0 bridgehead atoms. The van der Waals surface area contributed by atoms with Crippen LogP contribution in [0.15, 0.2) is 28.7 Å². The van der Waals surface area contributed by atoms with E-state index in [9.17, 15) is 4.79 Å². The summed E-state index contributed by atoms with van der Waals surface area (Å²) in [5, 5.41) is 16.5. The Morgan fingerprint density at radius 2 is 2.03 bits per heavy atom. The number of nitrogens with two attached hydrogens (primary N) is 1. The first-order valence-corrected chi connectivity index (χ1v) is 10.0. The van der Waals surface area contributed by atoms with E-state index in [1.807, 2.05) is 12.1 Å². The first-order valence-electron chi connectivity index (χ1n) is 10.0. The first kappa shape index (κ1) is 20.8. The molecule has 154 valence electrons. The number of carbonyl (C=O) groups is 1. The number of rotatable bonds is 8. The number of hydrogen-bond donors (Lipinski definition) is 1. The molecule has 0 aliphatic heterocycles. The molecule has 1 saturated carbocycles. The number of aromatic nitrogens is 2. The van der Waals surface area contributed by atoms with E-state index in [-0.39, 0.29) is 37.1 Å². The molecule has 3 rings (SSSR count). The van der Waals surface area contributed by atoms with Gasteiger partial charge >= 0.3 is 6.01 Å². The number of hydrogen-bond acceptors (Lipinski definition) is 7. The van der Waals surface area contributed by atoms with Crippen molar-refractivity contribution in [2.45, 2.75) is 58.2 Å². The van der Waals surface area contributed by atoms with Gasteiger partial charge in [-0.3, -0.25) is 4.79 Å². The third kappa shape index (κ3) is 5.78. The minimum absolute atomic E-state index is 0.0149. The third-order valence-corrected chi connectivity index (χ3v) is 5.40. The summed E-state index contributed by atoms with van der Waals surface area (Å²) in [6.45, 7) is 2.68. The molecule has 1 aliphatic carbocycles. The molecule has 2 aromatic rings. The Morgan fingerprint density at radius 3 is 2.69 bits per heavy atom. The summed E-state index contributed by atoms with van der Waals surface area (Å²) in [5.74, 6) is 0.638. The second-order valence-corrected chi connectivity index (χ2v) is 7.39. The molecular formula is C21H27N5O3. The molecule has 8 heteroatoms. The van der Waals surface area contributed by atoms with E-state index >= 15 is 0 Å². The maximum Gasteiger partial charge on any atom is 0.312 e. The van der Waals surface area contributed by atoms with Crippen molar-refractivity contribution < 1.29 is 13.9 Å². The molecule has 2 N–H and O–H groups in total. The smallest absolute Gasteiger partial charge is 0.312 e. The van der Waals surface area contributed by atoms with Crippen LogP contribution in [-0.2, 0) is 22.6 Å². The molecule has 1 fully saturated rings. The lowest BCUT2D eigenvalue weighted by Crippen LogP contribution is -2.36. The van der Waals surface area contributed by atoms with Crippen LogP contribution >= 0.6 is 0 Å². The lowest BCUT2D eigenvalue weighted by Gasteiger charge is -2.31. The predicted molar refractivity (Wildman–Crippen MR) is 106 cm³/mol. The summed E-state index contributed by atoms with van der Waals surface area (Å²) >= 11 is 0. The molecule has 0 spiro atoms. The zero-order valence-corrected chi connectivity index (χ0v) is 16.7. The molecule has 0 radical (unpaired) electrons. The highest BCUT2D eigenvalue weighted by Crippen LogP contribution is 2.29. The van der Waals surface area contributed by atoms with Gasteiger partial charge in [0.2, 0.25) is 11.8 Å². The summed E-state index contributed by atoms with van der Waals surface area (Å²) < 4.78 is 11.3. The Morgan fingerprint density at radius 1 is 1.28 bits per heavy atom. The highest BCUT2D eigenvalue weighted by Gasteiger charge is 2.26. The fourth-order valence-corrected chi connectivity index (χ4v) is 3.76. The van der Waals surface area contributed by atoms with Gasteiger partial charge in [-0.2, -0.15) is 5.26 Å². The van der Waals surface area contributed by atoms with E-state index in [0.29, 0.717) is 18.0 Å². The monoisotopic (exact) mass is 397 g/mol. The zero-order valence-electron chi connectivity index (χ0n) is 16.7. The number of nitriles is 1. The number of nitrogen functional groups attached to an aromatic ring is 1. The third-order valence-electron chi connectivity index (χ3n) is 5.40. The molecule has 1 aliphatic rings. The van der Waals surface area contributed by atoms with Gasteiger partial charge < -0.3 is 19.8 Å². The van der Waals surface area contributed by atoms with Crippen molar-refractivity contribution in [1.82, 2.24) is 15.1 Å². The average molecular weight is 397 g/mol. The topological polar surface area (TPSA) is 118 Å². The molecule has 29 heavy (non-hydrogen) atoms. The van der Waals surface area contributed by atoms with Gasteiger partial charge in [0.25, 0.3) is 0 Å². The van der Waals surface area contributed by atoms with E-state index in [0.717, 1.165) is 31.2 Å². The lowest BCUT2D eigenvalue weighted by atomic mass is 9.85. The van der Waals surface area contributed by atoms with Crippen molar-refractivity contribution in [3.63, 3.8) is 0 Å². The first-order chi connectivity index (χ1) is 14.1. The Bertz CT molecular complexity index is 843. The number of ether oxygens (including phenoxy) is 1. The Balaban J connectivity index is 1.67. The maximum absolute atomic E-state index is 12.9. The summed E-state index contributed by atoms with van der Waals surface area (Å²) in [4.78, 5) is 14.6. The average Bonchev–Trinajstić information content (AvgIpc) is 3.16. The maximum atomic E-state index is 12.9. The highest BCUT2D eigenvalue weighted by atomic mass is 16.5. The molecular weight excluding hydrogens is 370 g/mol. The number of carbonyl (C=O) groups excluding carboxylic acids is 1. The Labute approximate surface area is 170 Å². The second kappa shape index (κ2) is 10.0. The van der Waals surface area contributed by atoms with E-state index < -0.39 is 0 Å². The van der Waals surface area contributed by atoms with E-state index in [4.69, 9.17) is 20.1 Å². The Kier molecular flexibility index (Phi) is 7.19. The van der Waals surface area contributed by atoms with Crippen LogP contribution in [0.1, 0.15) is 56.0 Å². The van der Waals surface area contributed by atoms with Gasteiger partial charge in [0.15, 0.2) is 0 Å². The van der Waals surface area contributed by atoms with Crippen LogP contribution in [0.5, 0.6) is 0 Å². The van der Waals surface area contributed by atoms with Crippen molar-refractivity contribution in [2.24, 2.45) is 5.92 Å². The van der Waals surface area contributed by atoms with Crippen molar-refractivity contribution in [3.8, 4) is 6.07 Å². The van der Waals surface area contributed by atoms with Crippen LogP contribution < -0.4 is 5.73 Å². The molecule has 1 aromatic heterocycles. The van der Waals surface area contributed by atoms with Crippen molar-refractivity contribution >= 4 is 11.9 Å². The number of amides is 1. The molecule has 1 aromatic carbocycles. The fourth-order valence-electron chi connectivity index (χ4n) is 3.76. The van der Waals surface area contributed by atoms with Crippen molar-refractivity contribution in [3.05, 3.63) is 41.3 Å². The van der Waals surface area contributed by atoms with E-state index in [1.54, 1.807) is 17.0 Å². The standard InChI is InChI=1S/C21H27N5O3/c1-2-17-5-3-4-6-18(17)28-14-20(27)26(13-19-24-25-21(23)29-19)12-16-9-7-15(11-22)8-10-16/h7-10,17-18H,2-6,12-14H2,1H3,(H2,23,25)/t17-,18-/m1/s1. The van der Waals surface area contributed by atoms with Gasteiger partial charge in [0.05, 0.1) is 24.3 Å². The fraction of sp³-hybridized carbons (Fsp3) is 0.524. The van der Waals surface area contributed by atoms with Crippen molar-refractivity contribution in [2.75, 3.05) is 12.3 Å². The summed E-state index contributed by atoms with van der Waals surface area (Å²) in [6.07, 6.45) is 5.73. The number of benzene rings is 1. The lowest BCUT2D eigenvalue weighted by molar-refractivity contribution is -0.142. The molecule has 0 unspecified atom stereocenters. The van der Waals surface area contributed by atoms with Crippen LogP contribution in [0.4, 0.5) is 6.01 Å². The highest BCUT2D eigenvalue weighted by molar-refractivity contribution is 5.77. The van der Waals surface area contributed by atoms with Gasteiger partial charge in [0.1, 0.15) is 6.61 Å². The van der Waals surface area contributed by atoms with Gasteiger partial charge in [-0.25, -0.2) is 0 Å². The minimum atomic E-state index is -0.147. The van der Waals surface area contributed by atoms with Gasteiger partial charge in [-0.05, 0) is 36.5 Å². The summed E-state index contributed by atoms with van der Waals surface area (Å²) in [5.41, 5.74) is 6.97. The summed E-state index contributed by atoms with van der Waals surface area (Å²) in [6, 6.07) is 9.18. The minimum Gasteiger partial charge on any atom is -0.406 e. The van der Waals surface area contributed by atoms with Crippen LogP contribution in [0.3, 0.4) is 0 Å². The predicted octanol–water partition coefficient (Wildman–Crippen LogP) is 3.04. The van der Waals surface area contributed by atoms with E-state index in [2.05, 4.69) is 23.2 Å². The van der Waals surface area contributed by atoms with Crippen LogP contribution in [0, 0.1) is 17.2 Å². The second-order valence-electron chi connectivity index (χ2n) is 7.39. The molecule has 8 nitrogen and oxygen atoms in total. The SMILES string of the molecule is CC[C@@H]1CCCC[C@H]1OCC(=O)N(Cc1ccc(C#N)cc1)Cc1nnc(N)o1. The van der Waals surface area contributed by atoms with Crippen LogP contribution in [0.25, 0.3) is 0 Å². The number of anilines is 1. The van der Waals surface area contributed by atoms with Crippen LogP contribution in [0.2, 0.25) is 0 Å². The van der Waals surface area contributed by atoms with E-state index in [1.165, 1.54) is 6.42 Å². The summed E-state index contributed by atoms with van der Waals surface area (Å²) in [7, 11) is 0. The largest absolute Gasteiger partial charge is 0.406 e. The molecule has 1 amide bonds. The number of nitrogens with zero attached hydrogens (tertiary/aromatic N) is 4. The Hall–Kier alpha value is -2.92. The zero-order chi connectivity index (χ0) is 20.6. The van der Waals surface area contributed by atoms with Gasteiger partial charge in [-0.1, -0.05) is 43.4 Å². The molecule has 2 atom stereocenters. The normalized spacial score (nSPS) is 18.9. The molecule has 0 saturated heterocycles. The quantitative estimate of drug-likeness (QED) is 0.727.